The van der Waals surface area contributed by atoms with Crippen LogP contribution in [0.25, 0.3) is 46.4 Å². The Bertz CT molecular complexity index is 2830. The number of imidazole rings is 4. The zero-order valence-electron chi connectivity index (χ0n) is 39.6. The van der Waals surface area contributed by atoms with Crippen LogP contribution < -0.4 is 18.3 Å². The second kappa shape index (κ2) is 19.6. The fourth-order valence-corrected chi connectivity index (χ4v) is 9.93. The summed E-state index contributed by atoms with van der Waals surface area (Å²) in [7, 11) is 0. The van der Waals surface area contributed by atoms with E-state index in [-0.39, 0.29) is 17.1 Å². The van der Waals surface area contributed by atoms with E-state index in [9.17, 15) is 0 Å². The van der Waals surface area contributed by atoms with Crippen molar-refractivity contribution in [3.8, 4) is 0 Å². The van der Waals surface area contributed by atoms with Crippen molar-refractivity contribution in [1.82, 2.24) is 38.2 Å². The number of nitrogens with one attached hydrogen (secondary N) is 2. The molecule has 13 heteroatoms. The second-order valence-corrected chi connectivity index (χ2v) is 16.8. The van der Waals surface area contributed by atoms with Gasteiger partial charge in [0.05, 0.1) is 101 Å². The summed E-state index contributed by atoms with van der Waals surface area (Å²) in [5, 5.41) is 0. The van der Waals surface area contributed by atoms with Gasteiger partial charge in [-0.25, -0.2) is 46.5 Å². The summed E-state index contributed by atoms with van der Waals surface area (Å²) in [6, 6.07) is 9.11. The third-order valence-corrected chi connectivity index (χ3v) is 13.6. The molecule has 7 aromatic rings. The van der Waals surface area contributed by atoms with Gasteiger partial charge in [-0.1, -0.05) is 0 Å². The Kier molecular flexibility index (Phi) is 13.7. The van der Waals surface area contributed by atoms with Crippen molar-refractivity contribution >= 4 is 46.4 Å². The monoisotopic (exact) mass is 913 g/mol. The van der Waals surface area contributed by atoms with Crippen LogP contribution in [-0.4, -0.2) is 38.2 Å². The third-order valence-electron chi connectivity index (χ3n) is 13.6. The van der Waals surface area contributed by atoms with E-state index in [1.807, 2.05) is 0 Å². The molecule has 0 aliphatic carbocycles. The van der Waals surface area contributed by atoms with Crippen molar-refractivity contribution < 1.29 is 35.3 Å². The molecule has 0 amide bonds. The smallest absolute Gasteiger partial charge is 0.355 e. The predicted octanol–water partition coefficient (Wildman–Crippen LogP) is 7.53. The summed E-state index contributed by atoms with van der Waals surface area (Å²) in [5.74, 6) is 5.04. The predicted molar refractivity (Wildman–Crippen MR) is 254 cm³/mol. The molecular weight excluding hydrogens is 848 g/mol. The van der Waals surface area contributed by atoms with Gasteiger partial charge in [-0.3, -0.25) is 0 Å². The summed E-state index contributed by atoms with van der Waals surface area (Å²) in [6.45, 7) is 25.0. The van der Waals surface area contributed by atoms with Gasteiger partial charge in [0.25, 0.3) is 23.3 Å². The first-order valence-electron chi connectivity index (χ1n) is 23.7. The third kappa shape index (κ3) is 8.52. The maximum atomic E-state index is 5.61. The minimum atomic E-state index is 0. The molecule has 0 saturated carbocycles. The summed E-state index contributed by atoms with van der Waals surface area (Å²) < 4.78 is 18.9. The molecule has 0 saturated heterocycles. The van der Waals surface area contributed by atoms with Crippen molar-refractivity contribution in [3.63, 3.8) is 0 Å². The summed E-state index contributed by atoms with van der Waals surface area (Å²) in [4.78, 5) is 19.2. The maximum absolute atomic E-state index is 5.61. The quantitative estimate of drug-likeness (QED) is 0.0776. The number of rotatable bonds is 16. The van der Waals surface area contributed by atoms with Gasteiger partial charge in [0, 0.05) is 44.3 Å². The Morgan fingerprint density at radius 3 is 0.938 bits per heavy atom. The van der Waals surface area contributed by atoms with Crippen LogP contribution >= 0.6 is 0 Å². The summed E-state index contributed by atoms with van der Waals surface area (Å²) in [6.07, 6.45) is 29.5. The number of aromatic nitrogens is 12. The SMILES string of the molecule is CCn1cc[n+](CC)c1Cc1c2nc(c(Cc3n(CC)cc[n+]3CC)c3ccc([nH]3)c(Cc3n(CC)cc[n+]3CC)c3ccc([nH]3)c(Cc3n(CC)cc[n+]3CC)c3nc1C=C3)C=C2.[Mn+3]. The average Bonchev–Trinajstić information content (AvgIpc) is 4.18. The fraction of sp³-hybridized carbons (Fsp3) is 0.385. The van der Waals surface area contributed by atoms with Gasteiger partial charge in [0.1, 0.15) is 49.6 Å². The average molecular weight is 914 g/mol. The first-order chi connectivity index (χ1) is 31.3. The molecule has 0 aromatic carbocycles. The van der Waals surface area contributed by atoms with E-state index in [0.29, 0.717) is 6.42 Å². The van der Waals surface area contributed by atoms with Crippen LogP contribution in [0.15, 0.2) is 73.8 Å². The van der Waals surface area contributed by atoms with Gasteiger partial charge in [-0.2, -0.15) is 0 Å². The van der Waals surface area contributed by atoms with Crippen molar-refractivity contribution in [3.05, 3.63) is 142 Å². The van der Waals surface area contributed by atoms with E-state index in [1.54, 1.807) is 0 Å². The molecule has 0 unspecified atom stereocenters. The van der Waals surface area contributed by atoms with Crippen LogP contribution in [0.5, 0.6) is 0 Å². The Balaban J connectivity index is 0.00000576. The van der Waals surface area contributed by atoms with Crippen molar-refractivity contribution in [2.75, 3.05) is 0 Å². The second-order valence-electron chi connectivity index (χ2n) is 16.8. The van der Waals surface area contributed by atoms with Crippen LogP contribution in [0.3, 0.4) is 0 Å². The van der Waals surface area contributed by atoms with E-state index in [0.717, 1.165) is 122 Å². The molecule has 8 bridgehead atoms. The zero-order valence-corrected chi connectivity index (χ0v) is 40.8. The number of fused-ring (bicyclic) bond motifs is 8. The van der Waals surface area contributed by atoms with Gasteiger partial charge in [0.15, 0.2) is 0 Å². The molecule has 2 aliphatic rings. The number of hydrogen-bond donors (Lipinski definition) is 2. The van der Waals surface area contributed by atoms with Crippen molar-refractivity contribution in [2.24, 2.45) is 0 Å². The molecule has 2 N–H and O–H groups in total. The Morgan fingerprint density at radius 1 is 0.385 bits per heavy atom. The van der Waals surface area contributed by atoms with E-state index in [1.165, 1.54) is 40.0 Å². The molecule has 12 nitrogen and oxygen atoms in total. The molecule has 0 radical (unpaired) electrons. The van der Waals surface area contributed by atoms with Crippen LogP contribution in [0, 0.1) is 0 Å². The minimum absolute atomic E-state index is 0. The van der Waals surface area contributed by atoms with Crippen LogP contribution in [0.2, 0.25) is 0 Å². The van der Waals surface area contributed by atoms with Gasteiger partial charge in [0.2, 0.25) is 0 Å². The molecular formula is C52H66MnN12+7. The van der Waals surface area contributed by atoms with E-state index >= 15 is 0 Å². The number of hydrogen-bond acceptors (Lipinski definition) is 2. The standard InChI is InChI=1S/C52H66N12.Mn/c1-9-57-25-26-58(10-2)49(57)33-37-41-17-19-43(53-41)38(34-50-59(11-3)27-28-60(50)12-4)45-21-23-47(55-45)40(36-52-63(15-7)31-32-64(52)16-8)48-24-22-46(56-48)39(44-20-18-42(37)54-44)35-51-61(13-5)29-30-62(51)14-6;/h17-32,53-54H,9-16,33-36H2,1-8H3;/q+4;+3. The topological polar surface area (TPSA) is 92.6 Å². The van der Waals surface area contributed by atoms with E-state index in [2.05, 4.69) is 200 Å². The molecule has 9 heterocycles. The Morgan fingerprint density at radius 2 is 0.646 bits per heavy atom. The largest absolute Gasteiger partial charge is 3.00 e. The zero-order chi connectivity index (χ0) is 44.5. The van der Waals surface area contributed by atoms with Crippen LogP contribution in [0.4, 0.5) is 0 Å². The number of nitrogens with zero attached hydrogens (tertiary/aromatic N) is 10. The molecule has 2 aliphatic heterocycles. The molecule has 0 spiro atoms. The number of aromatic amines is 2. The molecule has 0 fully saturated rings. The van der Waals surface area contributed by atoms with E-state index < -0.39 is 0 Å². The summed E-state index contributed by atoms with van der Waals surface area (Å²) in [5.41, 5.74) is 12.9. The van der Waals surface area contributed by atoms with Gasteiger partial charge < -0.3 is 9.97 Å². The molecule has 65 heavy (non-hydrogen) atoms. The molecule has 334 valence electrons. The summed E-state index contributed by atoms with van der Waals surface area (Å²) >= 11 is 0. The molecule has 9 rings (SSSR count). The van der Waals surface area contributed by atoms with Crippen molar-refractivity contribution in [2.45, 2.75) is 133 Å². The Hall–Kier alpha value is -6.04. The van der Waals surface area contributed by atoms with Gasteiger partial charge >= 0.3 is 17.1 Å². The fourth-order valence-electron chi connectivity index (χ4n) is 9.93. The van der Waals surface area contributed by atoms with Gasteiger partial charge in [-0.05, 0) is 104 Å². The maximum Gasteiger partial charge on any atom is 3.00 e. The minimum Gasteiger partial charge on any atom is -0.355 e. The van der Waals surface area contributed by atoms with Crippen LogP contribution in [0.1, 0.15) is 124 Å². The van der Waals surface area contributed by atoms with Crippen molar-refractivity contribution in [1.29, 1.82) is 0 Å². The Labute approximate surface area is 393 Å². The molecule has 7 aromatic heterocycles. The van der Waals surface area contributed by atoms with E-state index in [4.69, 9.17) is 9.97 Å². The molecule has 0 atom stereocenters. The normalized spacial score (nSPS) is 12.2. The number of aryl methyl sites for hydroxylation is 8. The van der Waals surface area contributed by atoms with Gasteiger partial charge in [-0.15, -0.1) is 0 Å². The first kappa shape index (κ1) is 45.5. The first-order valence-corrected chi connectivity index (χ1v) is 23.7. The number of H-pyrrole nitrogens is 2. The van der Waals surface area contributed by atoms with Crippen LogP contribution in [-0.2, 0) is 95.1 Å².